The molecule has 0 saturated heterocycles. The summed E-state index contributed by atoms with van der Waals surface area (Å²) in [5.41, 5.74) is 10.3. The number of anilines is 1. The van der Waals surface area contributed by atoms with Gasteiger partial charge in [-0.2, -0.15) is 10.5 Å². The van der Waals surface area contributed by atoms with Gasteiger partial charge >= 0.3 is 0 Å². The Hall–Kier alpha value is -3.39. The summed E-state index contributed by atoms with van der Waals surface area (Å²) in [6.07, 6.45) is 0. The number of nitrogens with two attached hydrogens (primary N) is 1. The van der Waals surface area contributed by atoms with E-state index in [1.54, 1.807) is 11.8 Å². The average Bonchev–Trinajstić information content (AvgIpc) is 3.27. The number of hydrogen-bond donors (Lipinski definition) is 2. The minimum atomic E-state index is 0.146. The maximum Gasteiger partial charge on any atom is 0.143 e. The molecule has 2 aromatic carbocycles. The molecule has 0 spiro atoms. The van der Waals surface area contributed by atoms with Gasteiger partial charge in [0, 0.05) is 17.0 Å². The molecule has 1 unspecified atom stereocenters. The highest BCUT2D eigenvalue weighted by molar-refractivity contribution is 8.05. The van der Waals surface area contributed by atoms with Crippen molar-refractivity contribution in [3.63, 3.8) is 0 Å². The zero-order valence-corrected chi connectivity index (χ0v) is 17.5. The Labute approximate surface area is 183 Å². The van der Waals surface area contributed by atoms with Crippen LogP contribution in [0.25, 0.3) is 16.8 Å². The monoisotopic (exact) mass is 427 g/mol. The third kappa shape index (κ3) is 3.99. The van der Waals surface area contributed by atoms with E-state index in [4.69, 9.17) is 5.73 Å². The topological polar surface area (TPSA) is 98.5 Å². The van der Waals surface area contributed by atoms with Crippen LogP contribution in [0.5, 0.6) is 0 Å². The lowest BCUT2D eigenvalue weighted by Gasteiger charge is -2.15. The van der Waals surface area contributed by atoms with E-state index in [1.165, 1.54) is 11.8 Å². The molecule has 1 atom stereocenters. The van der Waals surface area contributed by atoms with Crippen molar-refractivity contribution in [2.45, 2.75) is 10.4 Å². The van der Waals surface area contributed by atoms with Gasteiger partial charge in [0.05, 0.1) is 10.9 Å². The number of nitriles is 2. The van der Waals surface area contributed by atoms with E-state index in [-0.39, 0.29) is 16.8 Å². The van der Waals surface area contributed by atoms with E-state index in [9.17, 15) is 10.5 Å². The molecule has 0 saturated carbocycles. The van der Waals surface area contributed by atoms with Gasteiger partial charge in [0.1, 0.15) is 28.5 Å². The third-order valence-corrected chi connectivity index (χ3v) is 6.87. The van der Waals surface area contributed by atoms with Crippen molar-refractivity contribution < 1.29 is 0 Å². The predicted octanol–water partition coefficient (Wildman–Crippen LogP) is 4.83. The molecule has 30 heavy (non-hydrogen) atoms. The van der Waals surface area contributed by atoms with E-state index >= 15 is 0 Å². The highest BCUT2D eigenvalue weighted by Gasteiger charge is 2.23. The summed E-state index contributed by atoms with van der Waals surface area (Å²) in [4.78, 5) is 4.38. The molecular weight excluding hydrogens is 410 g/mol. The lowest BCUT2D eigenvalue weighted by atomic mass is 9.97. The lowest BCUT2D eigenvalue weighted by Crippen LogP contribution is -2.22. The molecule has 1 aromatic heterocycles. The summed E-state index contributed by atoms with van der Waals surface area (Å²) < 4.78 is 0. The molecule has 0 fully saturated rings. The third-order valence-electron chi connectivity index (χ3n) is 4.60. The van der Waals surface area contributed by atoms with Crippen molar-refractivity contribution in [2.24, 2.45) is 0 Å². The average molecular weight is 428 g/mol. The molecule has 7 heteroatoms. The molecule has 0 aliphatic carbocycles. The summed E-state index contributed by atoms with van der Waals surface area (Å²) >= 11 is 3.17. The largest absolute Gasteiger partial charge is 0.383 e. The fraction of sp³-hybridized carbons (Fsp3) is 0.0870. The van der Waals surface area contributed by atoms with Gasteiger partial charge in [0.2, 0.25) is 0 Å². The normalized spacial score (nSPS) is 15.0. The second-order valence-corrected chi connectivity index (χ2v) is 8.58. The molecule has 1 aliphatic heterocycles. The van der Waals surface area contributed by atoms with Crippen LogP contribution in [0.2, 0.25) is 0 Å². The van der Waals surface area contributed by atoms with Gasteiger partial charge in [-0.3, -0.25) is 0 Å². The van der Waals surface area contributed by atoms with Crippen molar-refractivity contribution in [1.82, 2.24) is 10.3 Å². The van der Waals surface area contributed by atoms with E-state index < -0.39 is 0 Å². The number of rotatable bonds is 5. The lowest BCUT2D eigenvalue weighted by molar-refractivity contribution is 0.900. The van der Waals surface area contributed by atoms with Crippen LogP contribution in [-0.4, -0.2) is 16.1 Å². The molecule has 5 nitrogen and oxygen atoms in total. The number of thioether (sulfide) groups is 2. The van der Waals surface area contributed by atoms with Crippen LogP contribution in [0, 0.1) is 22.7 Å². The van der Waals surface area contributed by atoms with Crippen LogP contribution in [0.15, 0.2) is 71.1 Å². The highest BCUT2D eigenvalue weighted by Crippen LogP contribution is 2.37. The zero-order chi connectivity index (χ0) is 20.9. The quantitative estimate of drug-likeness (QED) is 0.563. The van der Waals surface area contributed by atoms with Gasteiger partial charge in [-0.25, -0.2) is 4.98 Å². The number of nitrogen functional groups attached to an aromatic ring is 1. The maximum atomic E-state index is 9.87. The fourth-order valence-corrected chi connectivity index (χ4v) is 5.26. The van der Waals surface area contributed by atoms with Crippen LogP contribution in [-0.2, 0) is 0 Å². The van der Waals surface area contributed by atoms with Crippen LogP contribution in [0.1, 0.15) is 16.7 Å². The van der Waals surface area contributed by atoms with E-state index in [2.05, 4.69) is 40.0 Å². The first-order valence-corrected chi connectivity index (χ1v) is 11.1. The van der Waals surface area contributed by atoms with E-state index in [1.807, 2.05) is 48.5 Å². The summed E-state index contributed by atoms with van der Waals surface area (Å²) in [7, 11) is 0. The fourth-order valence-electron chi connectivity index (χ4n) is 3.19. The summed E-state index contributed by atoms with van der Waals surface area (Å²) in [6, 6.07) is 23.9. The first-order valence-electron chi connectivity index (χ1n) is 9.20. The van der Waals surface area contributed by atoms with Gasteiger partial charge in [0.25, 0.3) is 0 Å². The van der Waals surface area contributed by atoms with Gasteiger partial charge in [0.15, 0.2) is 0 Å². The van der Waals surface area contributed by atoms with Crippen LogP contribution >= 0.6 is 23.5 Å². The number of nitrogens with one attached hydrogen (secondary N) is 1. The van der Waals surface area contributed by atoms with E-state index in [0.717, 1.165) is 16.8 Å². The zero-order valence-electron chi connectivity index (χ0n) is 15.9. The van der Waals surface area contributed by atoms with E-state index in [0.29, 0.717) is 21.9 Å². The van der Waals surface area contributed by atoms with Gasteiger partial charge in [-0.05, 0) is 16.5 Å². The Bertz CT molecular complexity index is 1180. The van der Waals surface area contributed by atoms with Crippen molar-refractivity contribution in [1.29, 1.82) is 10.5 Å². The Morgan fingerprint density at radius 1 is 0.967 bits per heavy atom. The molecule has 0 bridgehead atoms. The minimum Gasteiger partial charge on any atom is -0.383 e. The summed E-state index contributed by atoms with van der Waals surface area (Å²) in [5, 5.41) is 25.8. The Kier molecular flexibility index (Phi) is 5.94. The van der Waals surface area contributed by atoms with Crippen LogP contribution in [0.4, 0.5) is 5.82 Å². The minimum absolute atomic E-state index is 0.146. The summed E-state index contributed by atoms with van der Waals surface area (Å²) in [5.74, 6) is 0.839. The van der Waals surface area contributed by atoms with Crippen LogP contribution in [0.3, 0.4) is 0 Å². The molecule has 3 aromatic rings. The van der Waals surface area contributed by atoms with Crippen molar-refractivity contribution in [3.05, 3.63) is 82.8 Å². The van der Waals surface area contributed by atoms with Crippen molar-refractivity contribution in [3.8, 4) is 23.3 Å². The SMILES string of the molecule is N#Cc1c(N)nc(SCC2NC(c3ccccc3)=CS2)c(C#N)c1-c1ccccc1. The molecule has 2 heterocycles. The molecule has 0 amide bonds. The first kappa shape index (κ1) is 19.9. The van der Waals surface area contributed by atoms with Crippen molar-refractivity contribution in [2.75, 3.05) is 11.5 Å². The molecule has 4 rings (SSSR count). The number of benzene rings is 2. The summed E-state index contributed by atoms with van der Waals surface area (Å²) in [6.45, 7) is 0. The smallest absolute Gasteiger partial charge is 0.143 e. The number of pyridine rings is 1. The second kappa shape index (κ2) is 8.96. The van der Waals surface area contributed by atoms with Crippen molar-refractivity contribution >= 4 is 35.0 Å². The first-order chi connectivity index (χ1) is 14.7. The number of nitrogens with zero attached hydrogens (tertiary/aromatic N) is 3. The number of hydrogen-bond acceptors (Lipinski definition) is 7. The Morgan fingerprint density at radius 2 is 1.60 bits per heavy atom. The standard InChI is InChI=1S/C23H17N5S2/c24-11-17-21(16-9-5-2-6-10-16)18(12-25)23(28-22(17)26)30-14-20-27-19(13-29-20)15-7-3-1-4-8-15/h1-10,13,20,27H,14H2,(H2,26,28). The van der Waals surface area contributed by atoms with Crippen LogP contribution < -0.4 is 11.1 Å². The van der Waals surface area contributed by atoms with Gasteiger partial charge in [-0.1, -0.05) is 60.7 Å². The molecule has 0 radical (unpaired) electrons. The Balaban J connectivity index is 1.58. The predicted molar refractivity (Wildman–Crippen MR) is 123 cm³/mol. The molecule has 146 valence electrons. The maximum absolute atomic E-state index is 9.87. The molecule has 1 aliphatic rings. The second-order valence-electron chi connectivity index (χ2n) is 6.49. The highest BCUT2D eigenvalue weighted by atomic mass is 32.2. The Morgan fingerprint density at radius 3 is 2.23 bits per heavy atom. The molecular formula is C23H17N5S2. The van der Waals surface area contributed by atoms with Gasteiger partial charge in [-0.15, -0.1) is 23.5 Å². The van der Waals surface area contributed by atoms with Gasteiger partial charge < -0.3 is 11.1 Å². The molecule has 3 N–H and O–H groups in total. The number of aromatic nitrogens is 1.